The van der Waals surface area contributed by atoms with Gasteiger partial charge in [-0.05, 0) is 83.0 Å². The van der Waals surface area contributed by atoms with E-state index in [4.69, 9.17) is 0 Å². The van der Waals surface area contributed by atoms with Crippen molar-refractivity contribution in [1.82, 2.24) is 10.2 Å². The van der Waals surface area contributed by atoms with E-state index in [1.54, 1.807) is 36.4 Å². The summed E-state index contributed by atoms with van der Waals surface area (Å²) in [5, 5.41) is 3.13. The largest absolute Gasteiger partial charge is 0.352 e. The molecule has 0 bridgehead atoms. The molecule has 1 saturated carbocycles. The molecule has 0 radical (unpaired) electrons. The van der Waals surface area contributed by atoms with E-state index in [2.05, 4.69) is 27.9 Å². The number of rotatable bonds is 11. The Bertz CT molecular complexity index is 1400. The van der Waals surface area contributed by atoms with Crippen molar-refractivity contribution in [2.75, 3.05) is 17.1 Å². The fourth-order valence-corrected chi connectivity index (χ4v) is 6.14. The van der Waals surface area contributed by atoms with Gasteiger partial charge in [-0.25, -0.2) is 12.8 Å². The lowest BCUT2D eigenvalue weighted by Crippen LogP contribution is -2.54. The number of nitrogens with zero attached hydrogens (tertiary/aromatic N) is 2. The molecule has 0 aromatic heterocycles. The zero-order chi connectivity index (χ0) is 28.7. The zero-order valence-electron chi connectivity index (χ0n) is 22.3. The Morgan fingerprint density at radius 3 is 2.17 bits per heavy atom. The molecule has 1 fully saturated rings. The van der Waals surface area contributed by atoms with Crippen molar-refractivity contribution in [3.63, 3.8) is 0 Å². The fraction of sp³-hybridized carbons (Fsp3) is 0.333. The topological polar surface area (TPSA) is 86.8 Å². The van der Waals surface area contributed by atoms with E-state index in [1.807, 2.05) is 30.3 Å². The van der Waals surface area contributed by atoms with Crippen LogP contribution in [0.5, 0.6) is 0 Å². The number of carbonyl (C=O) groups is 2. The maximum Gasteiger partial charge on any atom is 0.244 e. The summed E-state index contributed by atoms with van der Waals surface area (Å²) in [7, 11) is -3.83. The van der Waals surface area contributed by atoms with Crippen molar-refractivity contribution in [3.8, 4) is 0 Å². The maximum atomic E-state index is 14.0. The Balaban J connectivity index is 1.71. The van der Waals surface area contributed by atoms with Crippen LogP contribution in [-0.2, 0) is 32.6 Å². The second-order valence-corrected chi connectivity index (χ2v) is 13.2. The molecule has 1 aliphatic carbocycles. The predicted molar refractivity (Wildman–Crippen MR) is 163 cm³/mol. The number of nitrogens with one attached hydrogen (secondary N) is 1. The molecule has 2 amide bonds. The molecular weight excluding hydrogens is 644 g/mol. The first kappa shape index (κ1) is 30.0. The smallest absolute Gasteiger partial charge is 0.244 e. The first-order valence-corrected chi connectivity index (χ1v) is 16.1. The standard InChI is InChI=1S/C30H33FIN3O4S/c1-40(38,39)35(27-17-15-25(32)16-18-27)21-29(36)34(20-23-11-13-24(31)14-12-23)28(19-22-7-3-2-4-8-22)30(37)33-26-9-5-6-10-26/h2-4,7-8,11-18,26,28H,5-6,9-10,19-21H2,1H3,(H,33,37). The highest BCUT2D eigenvalue weighted by atomic mass is 127. The minimum absolute atomic E-state index is 0.0129. The molecule has 7 nitrogen and oxygen atoms in total. The molecule has 40 heavy (non-hydrogen) atoms. The van der Waals surface area contributed by atoms with Gasteiger partial charge in [-0.15, -0.1) is 0 Å². The number of halogens is 2. The highest BCUT2D eigenvalue weighted by molar-refractivity contribution is 14.1. The van der Waals surface area contributed by atoms with Gasteiger partial charge in [0.15, 0.2) is 0 Å². The summed E-state index contributed by atoms with van der Waals surface area (Å²) in [6, 6.07) is 21.1. The lowest BCUT2D eigenvalue weighted by Gasteiger charge is -2.34. The molecule has 0 saturated heterocycles. The highest BCUT2D eigenvalue weighted by Crippen LogP contribution is 2.23. The molecule has 0 spiro atoms. The lowest BCUT2D eigenvalue weighted by molar-refractivity contribution is -0.140. The van der Waals surface area contributed by atoms with Crippen molar-refractivity contribution in [2.24, 2.45) is 0 Å². The highest BCUT2D eigenvalue weighted by Gasteiger charge is 2.34. The Labute approximate surface area is 248 Å². The Kier molecular flexibility index (Phi) is 10.2. The van der Waals surface area contributed by atoms with Crippen molar-refractivity contribution in [1.29, 1.82) is 0 Å². The zero-order valence-corrected chi connectivity index (χ0v) is 25.3. The summed E-state index contributed by atoms with van der Waals surface area (Å²) >= 11 is 2.12. The van der Waals surface area contributed by atoms with Crippen LogP contribution in [0.25, 0.3) is 0 Å². The van der Waals surface area contributed by atoms with E-state index in [0.717, 1.165) is 45.4 Å². The minimum atomic E-state index is -3.83. The number of anilines is 1. The van der Waals surface area contributed by atoms with Crippen LogP contribution in [-0.4, -0.2) is 50.0 Å². The van der Waals surface area contributed by atoms with Gasteiger partial charge in [-0.1, -0.05) is 55.3 Å². The predicted octanol–water partition coefficient (Wildman–Crippen LogP) is 4.90. The molecule has 212 valence electrons. The van der Waals surface area contributed by atoms with E-state index in [1.165, 1.54) is 17.0 Å². The molecule has 0 heterocycles. The Hall–Kier alpha value is -2.99. The van der Waals surface area contributed by atoms with Gasteiger partial charge in [0.2, 0.25) is 21.8 Å². The van der Waals surface area contributed by atoms with Crippen molar-refractivity contribution < 1.29 is 22.4 Å². The first-order valence-electron chi connectivity index (χ1n) is 13.2. The number of sulfonamides is 1. The van der Waals surface area contributed by atoms with E-state index in [0.29, 0.717) is 11.3 Å². The molecule has 1 unspecified atom stereocenters. The van der Waals surface area contributed by atoms with Crippen LogP contribution in [0.4, 0.5) is 10.1 Å². The molecule has 3 aromatic rings. The third-order valence-electron chi connectivity index (χ3n) is 7.03. The van der Waals surface area contributed by atoms with E-state index in [-0.39, 0.29) is 24.9 Å². The number of hydrogen-bond acceptors (Lipinski definition) is 4. The summed E-state index contributed by atoms with van der Waals surface area (Å²) in [4.78, 5) is 29.3. The summed E-state index contributed by atoms with van der Waals surface area (Å²) in [5.41, 5.74) is 1.85. The van der Waals surface area contributed by atoms with Gasteiger partial charge >= 0.3 is 0 Å². The van der Waals surface area contributed by atoms with Crippen molar-refractivity contribution in [3.05, 3.63) is 99.4 Å². The molecule has 0 aliphatic heterocycles. The number of carbonyl (C=O) groups excluding carboxylic acids is 2. The van der Waals surface area contributed by atoms with Crippen LogP contribution in [0.3, 0.4) is 0 Å². The summed E-state index contributed by atoms with van der Waals surface area (Å²) in [6.07, 6.45) is 5.12. The van der Waals surface area contributed by atoms with E-state index in [9.17, 15) is 22.4 Å². The molecule has 1 aliphatic rings. The SMILES string of the molecule is CS(=O)(=O)N(CC(=O)N(Cc1ccc(F)cc1)C(Cc1ccccc1)C(=O)NC1CCCC1)c1ccc(I)cc1. The molecule has 1 N–H and O–H groups in total. The summed E-state index contributed by atoms with van der Waals surface area (Å²) in [5.74, 6) is -1.23. The maximum absolute atomic E-state index is 14.0. The number of benzene rings is 3. The average Bonchev–Trinajstić information content (AvgIpc) is 3.44. The van der Waals surface area contributed by atoms with Gasteiger partial charge in [0.05, 0.1) is 11.9 Å². The van der Waals surface area contributed by atoms with Gasteiger partial charge in [0.25, 0.3) is 0 Å². The van der Waals surface area contributed by atoms with Crippen LogP contribution >= 0.6 is 22.6 Å². The van der Waals surface area contributed by atoms with Crippen LogP contribution in [0, 0.1) is 9.39 Å². The first-order chi connectivity index (χ1) is 19.1. The van der Waals surface area contributed by atoms with Crippen LogP contribution in [0.2, 0.25) is 0 Å². The van der Waals surface area contributed by atoms with Gasteiger partial charge < -0.3 is 10.2 Å². The second-order valence-electron chi connectivity index (χ2n) is 10.1. The third-order valence-corrected chi connectivity index (χ3v) is 8.89. The lowest BCUT2D eigenvalue weighted by atomic mass is 10.0. The van der Waals surface area contributed by atoms with Gasteiger partial charge in [-0.2, -0.15) is 0 Å². The Morgan fingerprint density at radius 2 is 1.57 bits per heavy atom. The van der Waals surface area contributed by atoms with Crippen molar-refractivity contribution >= 4 is 50.1 Å². The monoisotopic (exact) mass is 677 g/mol. The Morgan fingerprint density at radius 1 is 0.950 bits per heavy atom. The molecule has 10 heteroatoms. The molecule has 1 atom stereocenters. The number of amides is 2. The van der Waals surface area contributed by atoms with Crippen LogP contribution in [0.1, 0.15) is 36.8 Å². The summed E-state index contributed by atoms with van der Waals surface area (Å²) < 4.78 is 41.3. The van der Waals surface area contributed by atoms with Gasteiger partial charge in [0.1, 0.15) is 18.4 Å². The fourth-order valence-electron chi connectivity index (χ4n) is 4.93. The van der Waals surface area contributed by atoms with Gasteiger partial charge in [-0.3, -0.25) is 13.9 Å². The van der Waals surface area contributed by atoms with Crippen molar-refractivity contribution in [2.45, 2.75) is 50.7 Å². The molecular formula is C30H33FIN3O4S. The number of hydrogen-bond donors (Lipinski definition) is 1. The van der Waals surface area contributed by atoms with Gasteiger partial charge in [0, 0.05) is 22.6 Å². The molecule has 3 aromatic carbocycles. The minimum Gasteiger partial charge on any atom is -0.352 e. The average molecular weight is 678 g/mol. The normalized spacial score (nSPS) is 14.5. The van der Waals surface area contributed by atoms with E-state index < -0.39 is 34.3 Å². The molecule has 4 rings (SSSR count). The second kappa shape index (κ2) is 13.6. The quantitative estimate of drug-likeness (QED) is 0.293. The summed E-state index contributed by atoms with van der Waals surface area (Å²) in [6.45, 7) is -0.471. The third kappa shape index (κ3) is 8.26. The van der Waals surface area contributed by atoms with Crippen LogP contribution in [0.15, 0.2) is 78.9 Å². The van der Waals surface area contributed by atoms with Crippen LogP contribution < -0.4 is 9.62 Å². The van der Waals surface area contributed by atoms with E-state index >= 15 is 0 Å².